The van der Waals surface area contributed by atoms with Gasteiger partial charge in [-0.1, -0.05) is 12.8 Å². The lowest BCUT2D eigenvalue weighted by Crippen LogP contribution is -2.55. The highest BCUT2D eigenvalue weighted by Gasteiger charge is 2.39. The molecule has 0 aromatic carbocycles. The fourth-order valence-electron chi connectivity index (χ4n) is 5.11. The lowest BCUT2D eigenvalue weighted by molar-refractivity contribution is -0.150. The van der Waals surface area contributed by atoms with Crippen molar-refractivity contribution < 1.29 is 9.53 Å². The maximum atomic E-state index is 12.8. The minimum atomic E-state index is 0. The van der Waals surface area contributed by atoms with Gasteiger partial charge in [-0.2, -0.15) is 0 Å². The van der Waals surface area contributed by atoms with Gasteiger partial charge in [0.2, 0.25) is 5.91 Å². The number of morpholine rings is 1. The maximum absolute atomic E-state index is 12.8. The van der Waals surface area contributed by atoms with Gasteiger partial charge < -0.3 is 15.0 Å². The standard InChI is InChI=1S/C17H28N2O2.ClH/c20-17(11-12-9-13-5-6-14(10-12)18-13)19-7-8-21-16-4-2-1-3-15(16)19;/h12-16,18H,1-11H2;1H. The predicted molar refractivity (Wildman–Crippen MR) is 88.2 cm³/mol. The van der Waals surface area contributed by atoms with E-state index in [4.69, 9.17) is 4.74 Å². The van der Waals surface area contributed by atoms with Crippen LogP contribution in [0.15, 0.2) is 0 Å². The van der Waals surface area contributed by atoms with Gasteiger partial charge in [0.25, 0.3) is 0 Å². The summed E-state index contributed by atoms with van der Waals surface area (Å²) < 4.78 is 5.89. The van der Waals surface area contributed by atoms with Gasteiger partial charge in [-0.25, -0.2) is 0 Å². The number of rotatable bonds is 2. The molecule has 4 aliphatic rings. The first-order valence-corrected chi connectivity index (χ1v) is 8.97. The molecule has 0 aromatic rings. The first-order chi connectivity index (χ1) is 10.3. The van der Waals surface area contributed by atoms with E-state index in [0.29, 0.717) is 36.1 Å². The molecule has 0 spiro atoms. The number of ether oxygens (including phenoxy) is 1. The SMILES string of the molecule is Cl.O=C(CC1CC2CCC(C1)N2)N1CCOC2CCCCC21. The Kier molecular flexibility index (Phi) is 5.31. The highest BCUT2D eigenvalue weighted by atomic mass is 35.5. The molecule has 3 aliphatic heterocycles. The summed E-state index contributed by atoms with van der Waals surface area (Å²) in [5.41, 5.74) is 0. The van der Waals surface area contributed by atoms with E-state index in [1.165, 1.54) is 38.5 Å². The van der Waals surface area contributed by atoms with Crippen LogP contribution in [-0.2, 0) is 9.53 Å². The average Bonchev–Trinajstić information content (AvgIpc) is 2.85. The van der Waals surface area contributed by atoms with E-state index in [1.54, 1.807) is 0 Å². The molecule has 2 bridgehead atoms. The van der Waals surface area contributed by atoms with Crippen molar-refractivity contribution in [2.45, 2.75) is 82.0 Å². The quantitative estimate of drug-likeness (QED) is 0.847. The summed E-state index contributed by atoms with van der Waals surface area (Å²) >= 11 is 0. The van der Waals surface area contributed by atoms with E-state index in [1.807, 2.05) is 0 Å². The van der Waals surface area contributed by atoms with Crippen LogP contribution >= 0.6 is 12.4 Å². The molecule has 1 aliphatic carbocycles. The number of carbonyl (C=O) groups excluding carboxylic acids is 1. The highest BCUT2D eigenvalue weighted by Crippen LogP contribution is 2.34. The summed E-state index contributed by atoms with van der Waals surface area (Å²) in [6, 6.07) is 1.75. The van der Waals surface area contributed by atoms with Crippen molar-refractivity contribution >= 4 is 18.3 Å². The number of hydrogen-bond donors (Lipinski definition) is 1. The van der Waals surface area contributed by atoms with Gasteiger partial charge in [0, 0.05) is 25.0 Å². The van der Waals surface area contributed by atoms with Crippen LogP contribution in [0.5, 0.6) is 0 Å². The summed E-state index contributed by atoms with van der Waals surface area (Å²) in [5, 5.41) is 3.67. The van der Waals surface area contributed by atoms with E-state index in [9.17, 15) is 4.79 Å². The van der Waals surface area contributed by atoms with E-state index in [0.717, 1.165) is 32.4 Å². The zero-order valence-corrected chi connectivity index (χ0v) is 14.2. The molecule has 4 rings (SSSR count). The molecule has 4 atom stereocenters. The van der Waals surface area contributed by atoms with Crippen LogP contribution in [-0.4, -0.2) is 48.2 Å². The Balaban J connectivity index is 0.00000144. The first kappa shape index (κ1) is 16.5. The number of carbonyl (C=O) groups is 1. The second-order valence-electron chi connectivity index (χ2n) is 7.53. The van der Waals surface area contributed by atoms with Crippen molar-refractivity contribution in [3.8, 4) is 0 Å². The van der Waals surface area contributed by atoms with Gasteiger partial charge in [-0.3, -0.25) is 4.79 Å². The molecule has 5 heteroatoms. The lowest BCUT2D eigenvalue weighted by Gasteiger charge is -2.44. The van der Waals surface area contributed by atoms with Crippen LogP contribution in [0.4, 0.5) is 0 Å². The van der Waals surface area contributed by atoms with Crippen LogP contribution in [0.1, 0.15) is 57.8 Å². The monoisotopic (exact) mass is 328 g/mol. The normalized spacial score (nSPS) is 40.7. The maximum Gasteiger partial charge on any atom is 0.223 e. The van der Waals surface area contributed by atoms with E-state index in [-0.39, 0.29) is 12.4 Å². The van der Waals surface area contributed by atoms with Gasteiger partial charge in [0.1, 0.15) is 0 Å². The Labute approximate surface area is 139 Å². The van der Waals surface area contributed by atoms with Crippen molar-refractivity contribution in [1.82, 2.24) is 10.2 Å². The molecule has 1 amide bonds. The van der Waals surface area contributed by atoms with Crippen molar-refractivity contribution in [1.29, 1.82) is 0 Å². The number of nitrogens with zero attached hydrogens (tertiary/aromatic N) is 1. The minimum Gasteiger partial charge on any atom is -0.374 e. The van der Waals surface area contributed by atoms with Crippen LogP contribution in [0, 0.1) is 5.92 Å². The Morgan fingerprint density at radius 3 is 2.59 bits per heavy atom. The summed E-state index contributed by atoms with van der Waals surface area (Å²) in [4.78, 5) is 15.0. The molecule has 0 aromatic heterocycles. The molecule has 3 saturated heterocycles. The fourth-order valence-corrected chi connectivity index (χ4v) is 5.11. The lowest BCUT2D eigenvalue weighted by atomic mass is 9.87. The zero-order chi connectivity index (χ0) is 14.2. The fraction of sp³-hybridized carbons (Fsp3) is 0.941. The molecule has 4 unspecified atom stereocenters. The third-order valence-corrected chi connectivity index (χ3v) is 6.09. The van der Waals surface area contributed by atoms with Crippen LogP contribution < -0.4 is 5.32 Å². The summed E-state index contributed by atoms with van der Waals surface area (Å²) in [5.74, 6) is 1.02. The highest BCUT2D eigenvalue weighted by molar-refractivity contribution is 5.85. The third kappa shape index (κ3) is 3.29. The predicted octanol–water partition coefficient (Wildman–Crippen LogP) is 2.50. The Hall–Kier alpha value is -0.320. The number of nitrogens with one attached hydrogen (secondary N) is 1. The number of amides is 1. The summed E-state index contributed by atoms with van der Waals surface area (Å²) in [7, 11) is 0. The van der Waals surface area contributed by atoms with Crippen LogP contribution in [0.3, 0.4) is 0 Å². The molecule has 3 heterocycles. The summed E-state index contributed by atoms with van der Waals surface area (Å²) in [6.45, 7) is 1.56. The van der Waals surface area contributed by atoms with Crippen LogP contribution in [0.25, 0.3) is 0 Å². The molecule has 4 nitrogen and oxygen atoms in total. The Morgan fingerprint density at radius 1 is 1.09 bits per heavy atom. The van der Waals surface area contributed by atoms with Crippen molar-refractivity contribution in [3.63, 3.8) is 0 Å². The van der Waals surface area contributed by atoms with Crippen molar-refractivity contribution in [3.05, 3.63) is 0 Å². The van der Waals surface area contributed by atoms with Crippen LogP contribution in [0.2, 0.25) is 0 Å². The first-order valence-electron chi connectivity index (χ1n) is 8.97. The number of fused-ring (bicyclic) bond motifs is 3. The molecular formula is C17H29ClN2O2. The zero-order valence-electron chi connectivity index (χ0n) is 13.3. The molecular weight excluding hydrogens is 300 g/mol. The van der Waals surface area contributed by atoms with Crippen molar-refractivity contribution in [2.24, 2.45) is 5.92 Å². The van der Waals surface area contributed by atoms with E-state index in [2.05, 4.69) is 10.2 Å². The summed E-state index contributed by atoms with van der Waals surface area (Å²) in [6.07, 6.45) is 11.0. The largest absolute Gasteiger partial charge is 0.374 e. The van der Waals surface area contributed by atoms with Gasteiger partial charge in [-0.15, -0.1) is 12.4 Å². The number of halogens is 1. The second kappa shape index (κ2) is 7.06. The molecule has 1 N–H and O–H groups in total. The van der Waals surface area contributed by atoms with Crippen molar-refractivity contribution in [2.75, 3.05) is 13.2 Å². The Bertz CT molecular complexity index is 392. The second-order valence-corrected chi connectivity index (χ2v) is 7.53. The van der Waals surface area contributed by atoms with Gasteiger partial charge in [0.05, 0.1) is 18.8 Å². The molecule has 4 fully saturated rings. The Morgan fingerprint density at radius 2 is 1.82 bits per heavy atom. The molecule has 22 heavy (non-hydrogen) atoms. The smallest absolute Gasteiger partial charge is 0.223 e. The van der Waals surface area contributed by atoms with Gasteiger partial charge in [0.15, 0.2) is 0 Å². The number of piperidine rings is 1. The molecule has 0 radical (unpaired) electrons. The van der Waals surface area contributed by atoms with Gasteiger partial charge in [-0.05, 0) is 44.4 Å². The number of hydrogen-bond acceptors (Lipinski definition) is 3. The minimum absolute atomic E-state index is 0. The average molecular weight is 329 g/mol. The van der Waals surface area contributed by atoms with Gasteiger partial charge >= 0.3 is 0 Å². The van der Waals surface area contributed by atoms with E-state index >= 15 is 0 Å². The van der Waals surface area contributed by atoms with E-state index < -0.39 is 0 Å². The third-order valence-electron chi connectivity index (χ3n) is 6.09. The molecule has 126 valence electrons. The topological polar surface area (TPSA) is 41.6 Å². The molecule has 1 saturated carbocycles.